The summed E-state index contributed by atoms with van der Waals surface area (Å²) in [6.45, 7) is 2.63. The van der Waals surface area contributed by atoms with E-state index in [9.17, 15) is 14.4 Å². The average Bonchev–Trinajstić information content (AvgIpc) is 3.03. The van der Waals surface area contributed by atoms with E-state index >= 15 is 0 Å². The van der Waals surface area contributed by atoms with Crippen LogP contribution in [0.15, 0.2) is 53.0 Å². The van der Waals surface area contributed by atoms with E-state index in [2.05, 4.69) is 26.6 Å². The molecule has 3 rings (SSSR count). The molecule has 1 fully saturated rings. The molecule has 3 amide bonds. The second-order valence-corrected chi connectivity index (χ2v) is 7.80. The summed E-state index contributed by atoms with van der Waals surface area (Å²) in [5.41, 5.74) is 2.65. The minimum absolute atomic E-state index is 0.0426. The molecule has 1 atom stereocenters. The maximum Gasteiger partial charge on any atom is 0.243 e. The van der Waals surface area contributed by atoms with Crippen LogP contribution in [-0.4, -0.2) is 35.7 Å². The van der Waals surface area contributed by atoms with Crippen molar-refractivity contribution in [3.63, 3.8) is 0 Å². The van der Waals surface area contributed by atoms with Gasteiger partial charge in [-0.05, 0) is 36.2 Å². The Bertz CT molecular complexity index is 886. The molecule has 0 spiro atoms. The van der Waals surface area contributed by atoms with E-state index in [0.717, 1.165) is 15.6 Å². The van der Waals surface area contributed by atoms with Gasteiger partial charge in [-0.1, -0.05) is 46.3 Å². The van der Waals surface area contributed by atoms with Gasteiger partial charge in [0.15, 0.2) is 0 Å². The van der Waals surface area contributed by atoms with Crippen molar-refractivity contribution in [1.82, 2.24) is 10.2 Å². The smallest absolute Gasteiger partial charge is 0.243 e. The van der Waals surface area contributed by atoms with Gasteiger partial charge in [0.05, 0.1) is 12.5 Å². The van der Waals surface area contributed by atoms with E-state index in [4.69, 9.17) is 0 Å². The van der Waals surface area contributed by atoms with Crippen LogP contribution in [0.5, 0.6) is 0 Å². The summed E-state index contributed by atoms with van der Waals surface area (Å²) in [5, 5.41) is 5.42. The third-order valence-corrected chi connectivity index (χ3v) is 5.18. The number of aryl methyl sites for hydroxylation is 1. The molecule has 7 heteroatoms. The van der Waals surface area contributed by atoms with Gasteiger partial charge in [0, 0.05) is 29.7 Å². The highest BCUT2D eigenvalue weighted by Crippen LogP contribution is 2.21. The Kier molecular flexibility index (Phi) is 6.46. The SMILES string of the molecule is Cc1cc(Br)ccc1NC(=O)CNC(=O)[C@H]1CC(=O)N(Cc2ccccc2)C1. The van der Waals surface area contributed by atoms with Crippen molar-refractivity contribution < 1.29 is 14.4 Å². The van der Waals surface area contributed by atoms with Crippen molar-refractivity contribution in [2.45, 2.75) is 19.9 Å². The van der Waals surface area contributed by atoms with Gasteiger partial charge in [0.2, 0.25) is 17.7 Å². The molecule has 0 unspecified atom stereocenters. The largest absolute Gasteiger partial charge is 0.347 e. The molecule has 1 heterocycles. The van der Waals surface area contributed by atoms with Gasteiger partial charge in [-0.25, -0.2) is 0 Å². The Morgan fingerprint density at radius 2 is 1.93 bits per heavy atom. The number of hydrogen-bond donors (Lipinski definition) is 2. The number of rotatable bonds is 6. The molecule has 146 valence electrons. The third kappa shape index (κ3) is 5.19. The summed E-state index contributed by atoms with van der Waals surface area (Å²) >= 11 is 3.38. The Morgan fingerprint density at radius 3 is 2.64 bits per heavy atom. The van der Waals surface area contributed by atoms with Crippen LogP contribution in [0.3, 0.4) is 0 Å². The topological polar surface area (TPSA) is 78.5 Å². The van der Waals surface area contributed by atoms with Crippen LogP contribution in [0.2, 0.25) is 0 Å². The Balaban J connectivity index is 1.48. The summed E-state index contributed by atoms with van der Waals surface area (Å²) in [5.74, 6) is -1.05. The van der Waals surface area contributed by atoms with Gasteiger partial charge in [-0.3, -0.25) is 14.4 Å². The zero-order valence-electron chi connectivity index (χ0n) is 15.6. The molecule has 2 aromatic carbocycles. The van der Waals surface area contributed by atoms with Gasteiger partial charge in [0.25, 0.3) is 0 Å². The summed E-state index contributed by atoms with van der Waals surface area (Å²) in [6, 6.07) is 15.2. The van der Waals surface area contributed by atoms with Crippen LogP contribution in [0.4, 0.5) is 5.69 Å². The molecule has 0 radical (unpaired) electrons. The summed E-state index contributed by atoms with van der Waals surface area (Å²) in [4.78, 5) is 38.4. The molecular weight excluding hydrogens is 422 g/mol. The highest BCUT2D eigenvalue weighted by molar-refractivity contribution is 9.10. The van der Waals surface area contributed by atoms with Crippen molar-refractivity contribution in [1.29, 1.82) is 0 Å². The fourth-order valence-corrected chi connectivity index (χ4v) is 3.65. The highest BCUT2D eigenvalue weighted by atomic mass is 79.9. The maximum atomic E-state index is 12.4. The molecule has 2 N–H and O–H groups in total. The van der Waals surface area contributed by atoms with Crippen LogP contribution in [0.1, 0.15) is 17.5 Å². The predicted octanol–water partition coefficient (Wildman–Crippen LogP) is 2.86. The monoisotopic (exact) mass is 443 g/mol. The van der Waals surface area contributed by atoms with E-state index in [0.29, 0.717) is 18.8 Å². The van der Waals surface area contributed by atoms with E-state index in [1.54, 1.807) is 11.0 Å². The number of amides is 3. The van der Waals surface area contributed by atoms with E-state index in [1.165, 1.54) is 0 Å². The lowest BCUT2D eigenvalue weighted by Crippen LogP contribution is -2.37. The predicted molar refractivity (Wildman–Crippen MR) is 110 cm³/mol. The fraction of sp³-hybridized carbons (Fsp3) is 0.286. The molecule has 0 saturated carbocycles. The average molecular weight is 444 g/mol. The second kappa shape index (κ2) is 9.01. The Hall–Kier alpha value is -2.67. The molecule has 6 nitrogen and oxygen atoms in total. The molecular formula is C21H22BrN3O3. The summed E-state index contributed by atoms with van der Waals surface area (Å²) in [6.07, 6.45) is 0.173. The van der Waals surface area contributed by atoms with E-state index < -0.39 is 5.92 Å². The summed E-state index contributed by atoms with van der Waals surface area (Å²) < 4.78 is 0.933. The minimum atomic E-state index is -0.432. The lowest BCUT2D eigenvalue weighted by molar-refractivity contribution is -0.129. The van der Waals surface area contributed by atoms with Crippen LogP contribution in [-0.2, 0) is 20.9 Å². The number of hydrogen-bond acceptors (Lipinski definition) is 3. The molecule has 1 aliphatic rings. The number of nitrogens with one attached hydrogen (secondary N) is 2. The van der Waals surface area contributed by atoms with Gasteiger partial charge in [-0.2, -0.15) is 0 Å². The lowest BCUT2D eigenvalue weighted by atomic mass is 10.1. The molecule has 28 heavy (non-hydrogen) atoms. The Labute approximate surface area is 172 Å². The zero-order valence-corrected chi connectivity index (χ0v) is 17.2. The molecule has 0 aliphatic carbocycles. The van der Waals surface area contributed by atoms with Crippen LogP contribution in [0, 0.1) is 12.8 Å². The van der Waals surface area contributed by atoms with Gasteiger partial charge in [0.1, 0.15) is 0 Å². The quantitative estimate of drug-likeness (QED) is 0.720. The van der Waals surface area contributed by atoms with Crippen LogP contribution >= 0.6 is 15.9 Å². The van der Waals surface area contributed by atoms with Gasteiger partial charge >= 0.3 is 0 Å². The standard InChI is InChI=1S/C21H22BrN3O3/c1-14-9-17(22)7-8-18(14)24-19(26)11-23-21(28)16-10-20(27)25(13-16)12-15-5-3-2-4-6-15/h2-9,16H,10-13H2,1H3,(H,23,28)(H,24,26)/t16-/m0/s1. The fourth-order valence-electron chi connectivity index (χ4n) is 3.18. The van der Waals surface area contributed by atoms with Gasteiger partial charge < -0.3 is 15.5 Å². The number of carbonyl (C=O) groups excluding carboxylic acids is 3. The van der Waals surface area contributed by atoms with E-state index in [1.807, 2.05) is 49.4 Å². The highest BCUT2D eigenvalue weighted by Gasteiger charge is 2.34. The third-order valence-electron chi connectivity index (χ3n) is 4.69. The normalized spacial score (nSPS) is 16.1. The number of likely N-dealkylation sites (tertiary alicyclic amines) is 1. The van der Waals surface area contributed by atoms with Crippen molar-refractivity contribution in [3.8, 4) is 0 Å². The molecule has 0 aromatic heterocycles. The minimum Gasteiger partial charge on any atom is -0.347 e. The number of anilines is 1. The number of carbonyl (C=O) groups is 3. The first-order valence-corrected chi connectivity index (χ1v) is 9.87. The summed E-state index contributed by atoms with van der Waals surface area (Å²) in [7, 11) is 0. The number of benzene rings is 2. The zero-order chi connectivity index (χ0) is 20.1. The first-order chi connectivity index (χ1) is 13.4. The molecule has 2 aromatic rings. The van der Waals surface area contributed by atoms with E-state index in [-0.39, 0.29) is 30.7 Å². The lowest BCUT2D eigenvalue weighted by Gasteiger charge is -2.16. The molecule has 0 bridgehead atoms. The second-order valence-electron chi connectivity index (χ2n) is 6.89. The Morgan fingerprint density at radius 1 is 1.18 bits per heavy atom. The number of halogens is 1. The first-order valence-electron chi connectivity index (χ1n) is 9.08. The maximum absolute atomic E-state index is 12.4. The molecule has 1 saturated heterocycles. The van der Waals surface area contributed by atoms with Crippen molar-refractivity contribution in [3.05, 3.63) is 64.1 Å². The molecule has 1 aliphatic heterocycles. The van der Waals surface area contributed by atoms with Crippen molar-refractivity contribution in [2.24, 2.45) is 5.92 Å². The van der Waals surface area contributed by atoms with Crippen molar-refractivity contribution >= 4 is 39.3 Å². The number of nitrogens with zero attached hydrogens (tertiary/aromatic N) is 1. The van der Waals surface area contributed by atoms with Crippen molar-refractivity contribution in [2.75, 3.05) is 18.4 Å². The first kappa shape index (κ1) is 20.1. The van der Waals surface area contributed by atoms with Crippen LogP contribution in [0.25, 0.3) is 0 Å². The van der Waals surface area contributed by atoms with Crippen LogP contribution < -0.4 is 10.6 Å². The van der Waals surface area contributed by atoms with Gasteiger partial charge in [-0.15, -0.1) is 0 Å².